The lowest BCUT2D eigenvalue weighted by Gasteiger charge is -2.29. The average molecular weight is 399 g/mol. The molecule has 0 radical (unpaired) electrons. The van der Waals surface area contributed by atoms with Crippen LogP contribution in [0.4, 0.5) is 10.5 Å². The molecule has 0 saturated heterocycles. The number of hydrogen-bond acceptors (Lipinski definition) is 3. The first-order valence-corrected chi connectivity index (χ1v) is 10.0. The fourth-order valence-electron chi connectivity index (χ4n) is 3.70. The number of rotatable bonds is 3. The minimum absolute atomic E-state index is 0.0751. The van der Waals surface area contributed by atoms with Crippen LogP contribution in [0.1, 0.15) is 26.3 Å². The quantitative estimate of drug-likeness (QED) is 0.393. The van der Waals surface area contributed by atoms with Crippen LogP contribution >= 0.6 is 0 Å². The first-order chi connectivity index (χ1) is 14.3. The van der Waals surface area contributed by atoms with Gasteiger partial charge in [0.05, 0.1) is 12.2 Å². The standard InChI is InChI=1S/C26H25NO3/c1-26(2,3)30-25(29)27(17-18-11-5-4-6-12-18)23-21-15-9-7-13-19(21)20-14-8-10-16-22(20)24(23)28/h4-16,28H,17H2,1-3H3. The van der Waals surface area contributed by atoms with E-state index in [2.05, 4.69) is 0 Å². The second-order valence-electron chi connectivity index (χ2n) is 8.34. The molecule has 152 valence electrons. The summed E-state index contributed by atoms with van der Waals surface area (Å²) in [6, 6.07) is 25.2. The number of nitrogens with zero attached hydrogens (tertiary/aromatic N) is 1. The van der Waals surface area contributed by atoms with Gasteiger partial charge in [-0.3, -0.25) is 4.90 Å². The summed E-state index contributed by atoms with van der Waals surface area (Å²) in [5.41, 5.74) is 0.747. The summed E-state index contributed by atoms with van der Waals surface area (Å²) >= 11 is 0. The van der Waals surface area contributed by atoms with Gasteiger partial charge in [0, 0.05) is 10.8 Å². The fraction of sp³-hybridized carbons (Fsp3) is 0.192. The van der Waals surface area contributed by atoms with Crippen molar-refractivity contribution < 1.29 is 14.6 Å². The predicted molar refractivity (Wildman–Crippen MR) is 122 cm³/mol. The van der Waals surface area contributed by atoms with Gasteiger partial charge in [0.1, 0.15) is 11.4 Å². The minimum atomic E-state index is -0.658. The molecule has 0 aromatic heterocycles. The highest BCUT2D eigenvalue weighted by Gasteiger charge is 2.28. The fourth-order valence-corrected chi connectivity index (χ4v) is 3.70. The van der Waals surface area contributed by atoms with Crippen LogP contribution < -0.4 is 4.90 Å². The van der Waals surface area contributed by atoms with E-state index in [1.165, 1.54) is 4.90 Å². The second-order valence-corrected chi connectivity index (χ2v) is 8.34. The number of aromatic hydroxyl groups is 1. The Balaban J connectivity index is 1.97. The number of ether oxygens (including phenoxy) is 1. The maximum Gasteiger partial charge on any atom is 0.415 e. The van der Waals surface area contributed by atoms with Crippen LogP contribution in [-0.2, 0) is 11.3 Å². The molecule has 0 spiro atoms. The van der Waals surface area contributed by atoms with Crippen molar-refractivity contribution in [3.8, 4) is 5.75 Å². The molecule has 0 fully saturated rings. The lowest BCUT2D eigenvalue weighted by molar-refractivity contribution is 0.0577. The van der Waals surface area contributed by atoms with Crippen molar-refractivity contribution in [2.75, 3.05) is 4.90 Å². The van der Waals surface area contributed by atoms with Gasteiger partial charge in [-0.2, -0.15) is 0 Å². The Morgan fingerprint density at radius 2 is 1.30 bits per heavy atom. The lowest BCUT2D eigenvalue weighted by atomic mass is 9.98. The first-order valence-electron chi connectivity index (χ1n) is 10.0. The zero-order chi connectivity index (χ0) is 21.3. The number of benzene rings is 4. The first kappa shape index (κ1) is 19.8. The molecule has 0 bridgehead atoms. The highest BCUT2D eigenvalue weighted by atomic mass is 16.6. The molecule has 4 rings (SSSR count). The molecule has 0 atom stereocenters. The molecule has 0 aliphatic rings. The van der Waals surface area contributed by atoms with Crippen LogP contribution in [0.3, 0.4) is 0 Å². The number of carbonyl (C=O) groups is 1. The maximum atomic E-state index is 13.3. The smallest absolute Gasteiger partial charge is 0.415 e. The monoisotopic (exact) mass is 399 g/mol. The Kier molecular flexibility index (Phi) is 5.08. The number of carbonyl (C=O) groups excluding carboxylic acids is 1. The number of fused-ring (bicyclic) bond motifs is 3. The summed E-state index contributed by atoms with van der Waals surface area (Å²) < 4.78 is 5.72. The summed E-state index contributed by atoms with van der Waals surface area (Å²) in [6.45, 7) is 5.80. The topological polar surface area (TPSA) is 49.8 Å². The molecule has 1 amide bonds. The molecule has 4 aromatic rings. The lowest BCUT2D eigenvalue weighted by Crippen LogP contribution is -2.36. The summed E-state index contributed by atoms with van der Waals surface area (Å²) in [6.07, 6.45) is -0.498. The van der Waals surface area contributed by atoms with Crippen molar-refractivity contribution in [1.82, 2.24) is 0 Å². The Labute approximate surface area is 176 Å². The van der Waals surface area contributed by atoms with E-state index in [-0.39, 0.29) is 12.3 Å². The molecule has 0 aliphatic heterocycles. The number of amides is 1. The Morgan fingerprint density at radius 1 is 0.800 bits per heavy atom. The van der Waals surface area contributed by atoms with E-state index in [0.717, 1.165) is 21.7 Å². The van der Waals surface area contributed by atoms with Crippen LogP contribution in [0.2, 0.25) is 0 Å². The Hall–Kier alpha value is -3.53. The van der Waals surface area contributed by atoms with Gasteiger partial charge in [0.25, 0.3) is 0 Å². The van der Waals surface area contributed by atoms with E-state index in [9.17, 15) is 9.90 Å². The summed E-state index contributed by atoms with van der Waals surface area (Å²) in [4.78, 5) is 14.8. The van der Waals surface area contributed by atoms with Gasteiger partial charge in [-0.15, -0.1) is 0 Å². The normalized spacial score (nSPS) is 11.6. The van der Waals surface area contributed by atoms with Crippen molar-refractivity contribution >= 4 is 33.3 Å². The minimum Gasteiger partial charge on any atom is -0.505 e. The second kappa shape index (κ2) is 7.71. The van der Waals surface area contributed by atoms with E-state index in [4.69, 9.17) is 4.74 Å². The number of phenolic OH excluding ortho intramolecular Hbond substituents is 1. The molecule has 0 saturated carbocycles. The van der Waals surface area contributed by atoms with E-state index < -0.39 is 11.7 Å². The van der Waals surface area contributed by atoms with E-state index in [1.54, 1.807) is 0 Å². The number of hydrogen-bond donors (Lipinski definition) is 1. The Morgan fingerprint density at radius 3 is 1.90 bits per heavy atom. The molecule has 4 heteroatoms. The van der Waals surface area contributed by atoms with E-state index in [1.807, 2.05) is 99.6 Å². The number of anilines is 1. The molecule has 0 aliphatic carbocycles. The molecule has 0 heterocycles. The zero-order valence-corrected chi connectivity index (χ0v) is 17.4. The predicted octanol–water partition coefficient (Wildman–Crippen LogP) is 6.64. The van der Waals surface area contributed by atoms with Gasteiger partial charge >= 0.3 is 6.09 Å². The van der Waals surface area contributed by atoms with Gasteiger partial charge in [-0.1, -0.05) is 78.9 Å². The van der Waals surface area contributed by atoms with Gasteiger partial charge in [0.15, 0.2) is 0 Å². The van der Waals surface area contributed by atoms with Gasteiger partial charge in [-0.25, -0.2) is 4.79 Å². The third kappa shape index (κ3) is 3.81. The zero-order valence-electron chi connectivity index (χ0n) is 17.4. The van der Waals surface area contributed by atoms with Crippen molar-refractivity contribution in [1.29, 1.82) is 0 Å². The van der Waals surface area contributed by atoms with Crippen molar-refractivity contribution in [2.45, 2.75) is 32.9 Å². The highest BCUT2D eigenvalue weighted by Crippen LogP contribution is 2.44. The molecule has 30 heavy (non-hydrogen) atoms. The van der Waals surface area contributed by atoms with Gasteiger partial charge in [-0.05, 0) is 37.1 Å². The maximum absolute atomic E-state index is 13.3. The van der Waals surface area contributed by atoms with Crippen LogP contribution in [0, 0.1) is 0 Å². The van der Waals surface area contributed by atoms with E-state index in [0.29, 0.717) is 11.1 Å². The van der Waals surface area contributed by atoms with Crippen LogP contribution in [-0.4, -0.2) is 16.8 Å². The summed E-state index contributed by atoms with van der Waals surface area (Å²) in [7, 11) is 0. The molecular weight excluding hydrogens is 374 g/mol. The van der Waals surface area contributed by atoms with E-state index >= 15 is 0 Å². The third-order valence-corrected chi connectivity index (χ3v) is 4.95. The summed E-state index contributed by atoms with van der Waals surface area (Å²) in [5, 5.41) is 14.7. The number of phenols is 1. The Bertz CT molecular complexity index is 1210. The van der Waals surface area contributed by atoms with Crippen molar-refractivity contribution in [3.63, 3.8) is 0 Å². The highest BCUT2D eigenvalue weighted by molar-refractivity contribution is 6.18. The third-order valence-electron chi connectivity index (χ3n) is 4.95. The van der Waals surface area contributed by atoms with Crippen LogP contribution in [0.15, 0.2) is 78.9 Å². The van der Waals surface area contributed by atoms with Gasteiger partial charge in [0.2, 0.25) is 0 Å². The van der Waals surface area contributed by atoms with Crippen LogP contribution in [0.5, 0.6) is 5.75 Å². The molecule has 0 unspecified atom stereocenters. The van der Waals surface area contributed by atoms with Crippen molar-refractivity contribution in [2.24, 2.45) is 0 Å². The largest absolute Gasteiger partial charge is 0.505 e. The SMILES string of the molecule is CC(C)(C)OC(=O)N(Cc1ccccc1)c1c(O)c2ccccc2c2ccccc12. The van der Waals surface area contributed by atoms with Crippen LogP contribution in [0.25, 0.3) is 21.5 Å². The van der Waals surface area contributed by atoms with Crippen molar-refractivity contribution in [3.05, 3.63) is 84.4 Å². The molecule has 1 N–H and O–H groups in total. The molecule has 4 nitrogen and oxygen atoms in total. The van der Waals surface area contributed by atoms with Gasteiger partial charge < -0.3 is 9.84 Å². The summed E-state index contributed by atoms with van der Waals surface area (Å²) in [5.74, 6) is 0.0751. The molecule has 4 aromatic carbocycles. The molecular formula is C26H25NO3. The average Bonchev–Trinajstić information content (AvgIpc) is 2.73.